The van der Waals surface area contributed by atoms with Crippen LogP contribution in [0, 0.1) is 24.2 Å². The van der Waals surface area contributed by atoms with Crippen LogP contribution in [-0.2, 0) is 24.3 Å². The third kappa shape index (κ3) is 4.80. The summed E-state index contributed by atoms with van der Waals surface area (Å²) in [6, 6.07) is 5.50. The first-order chi connectivity index (χ1) is 15.6. The Morgan fingerprint density at radius 2 is 2.00 bits per heavy atom. The SMILES string of the molecule is CCOC(=O)c1cc(C#N)c(N2CC(C(=O)NS(=O)(=O)c3ccc(C(=O)OC)o3)C2)nc1C. The van der Waals surface area contributed by atoms with Crippen LogP contribution in [0.4, 0.5) is 5.82 Å². The van der Waals surface area contributed by atoms with E-state index in [1.165, 1.54) is 6.07 Å². The van der Waals surface area contributed by atoms with Crippen LogP contribution >= 0.6 is 0 Å². The van der Waals surface area contributed by atoms with Crippen molar-refractivity contribution in [3.05, 3.63) is 40.8 Å². The topological polar surface area (TPSA) is 169 Å². The van der Waals surface area contributed by atoms with Gasteiger partial charge in [-0.2, -0.15) is 13.7 Å². The molecule has 1 amide bonds. The molecule has 1 N–H and O–H groups in total. The predicted octanol–water partition coefficient (Wildman–Crippen LogP) is 0.759. The molecule has 2 aromatic rings. The minimum atomic E-state index is -4.34. The van der Waals surface area contributed by atoms with E-state index in [9.17, 15) is 28.1 Å². The van der Waals surface area contributed by atoms with Crippen molar-refractivity contribution in [1.29, 1.82) is 5.26 Å². The number of nitriles is 1. The van der Waals surface area contributed by atoms with Gasteiger partial charge < -0.3 is 18.8 Å². The van der Waals surface area contributed by atoms with Crippen LogP contribution in [0.15, 0.2) is 27.7 Å². The van der Waals surface area contributed by atoms with Gasteiger partial charge in [0.05, 0.1) is 36.5 Å². The van der Waals surface area contributed by atoms with Crippen LogP contribution in [0.25, 0.3) is 0 Å². The van der Waals surface area contributed by atoms with E-state index >= 15 is 0 Å². The maximum atomic E-state index is 12.4. The molecule has 12 nitrogen and oxygen atoms in total. The molecule has 0 spiro atoms. The number of furan rings is 1. The van der Waals surface area contributed by atoms with Crippen molar-refractivity contribution < 1.29 is 36.7 Å². The minimum absolute atomic E-state index is 0.104. The van der Waals surface area contributed by atoms with Crippen LogP contribution < -0.4 is 9.62 Å². The van der Waals surface area contributed by atoms with Crippen molar-refractivity contribution in [2.24, 2.45) is 5.92 Å². The Morgan fingerprint density at radius 1 is 1.30 bits per heavy atom. The van der Waals surface area contributed by atoms with Crippen molar-refractivity contribution in [2.75, 3.05) is 31.7 Å². The molecule has 1 saturated heterocycles. The lowest BCUT2D eigenvalue weighted by Crippen LogP contribution is -2.55. The number of amides is 1. The van der Waals surface area contributed by atoms with Crippen molar-refractivity contribution in [1.82, 2.24) is 9.71 Å². The highest BCUT2D eigenvalue weighted by molar-refractivity contribution is 7.89. The Kier molecular flexibility index (Phi) is 6.68. The summed E-state index contributed by atoms with van der Waals surface area (Å²) in [5, 5.41) is 8.85. The zero-order valence-electron chi connectivity index (χ0n) is 17.9. The average Bonchev–Trinajstić information content (AvgIpc) is 3.23. The van der Waals surface area contributed by atoms with Crippen molar-refractivity contribution in [3.8, 4) is 6.07 Å². The lowest BCUT2D eigenvalue weighted by atomic mass is 9.98. The largest absolute Gasteiger partial charge is 0.463 e. The summed E-state index contributed by atoms with van der Waals surface area (Å²) in [5.74, 6) is -2.97. The number of esters is 2. The number of methoxy groups -OCH3 is 1. The number of ether oxygens (including phenoxy) is 2. The maximum Gasteiger partial charge on any atom is 0.374 e. The number of anilines is 1. The molecule has 33 heavy (non-hydrogen) atoms. The monoisotopic (exact) mass is 476 g/mol. The van der Waals surface area contributed by atoms with Crippen molar-refractivity contribution >= 4 is 33.7 Å². The molecule has 0 saturated carbocycles. The number of hydrogen-bond acceptors (Lipinski definition) is 11. The highest BCUT2D eigenvalue weighted by Gasteiger charge is 2.37. The third-order valence-electron chi connectivity index (χ3n) is 4.83. The smallest absolute Gasteiger partial charge is 0.374 e. The molecule has 3 heterocycles. The zero-order chi connectivity index (χ0) is 24.3. The van der Waals surface area contributed by atoms with Gasteiger partial charge in [0.25, 0.3) is 10.0 Å². The normalized spacial score (nSPS) is 13.6. The highest BCUT2D eigenvalue weighted by Crippen LogP contribution is 2.28. The van der Waals surface area contributed by atoms with Gasteiger partial charge in [0.1, 0.15) is 11.9 Å². The molecule has 13 heteroatoms. The standard InChI is InChI=1S/C20H20N4O8S/c1-4-31-19(26)14-7-12(8-21)17(22-11(14)2)24-9-13(10-24)18(25)23-33(28,29)16-6-5-15(32-16)20(27)30-3/h5-7,13H,4,9-10H2,1-3H3,(H,23,25). The lowest BCUT2D eigenvalue weighted by molar-refractivity contribution is -0.123. The molecule has 2 aromatic heterocycles. The fourth-order valence-electron chi connectivity index (χ4n) is 3.09. The molecule has 0 radical (unpaired) electrons. The molecule has 1 aliphatic rings. The Labute approximate surface area is 189 Å². The van der Waals surface area contributed by atoms with Gasteiger partial charge in [-0.25, -0.2) is 19.3 Å². The molecular formula is C20H20N4O8S. The Morgan fingerprint density at radius 3 is 2.61 bits per heavy atom. The molecular weight excluding hydrogens is 456 g/mol. The van der Waals surface area contributed by atoms with E-state index in [-0.39, 0.29) is 42.4 Å². The first-order valence-corrected chi connectivity index (χ1v) is 11.2. The van der Waals surface area contributed by atoms with Crippen LogP contribution in [0.1, 0.15) is 39.1 Å². The number of sulfonamides is 1. The molecule has 0 aromatic carbocycles. The van der Waals surface area contributed by atoms with Crippen molar-refractivity contribution in [3.63, 3.8) is 0 Å². The molecule has 174 valence electrons. The van der Waals surface area contributed by atoms with E-state index in [4.69, 9.17) is 9.15 Å². The van der Waals surface area contributed by atoms with Crippen LogP contribution in [0.2, 0.25) is 0 Å². The first kappa shape index (κ1) is 23.7. The Balaban J connectivity index is 1.68. The van der Waals surface area contributed by atoms with Gasteiger partial charge >= 0.3 is 11.9 Å². The van der Waals surface area contributed by atoms with E-state index in [1.54, 1.807) is 18.7 Å². The fraction of sp³-hybridized carbons (Fsp3) is 0.350. The molecule has 1 fully saturated rings. The predicted molar refractivity (Wildman–Crippen MR) is 111 cm³/mol. The van der Waals surface area contributed by atoms with E-state index in [0.29, 0.717) is 5.69 Å². The van der Waals surface area contributed by atoms with E-state index in [0.717, 1.165) is 19.2 Å². The quantitative estimate of drug-likeness (QED) is 0.560. The number of hydrogen-bond donors (Lipinski definition) is 1. The van der Waals surface area contributed by atoms with Gasteiger partial charge in [-0.1, -0.05) is 0 Å². The second kappa shape index (κ2) is 9.29. The third-order valence-corrected chi connectivity index (χ3v) is 6.05. The Hall–Kier alpha value is -3.92. The number of carbonyl (C=O) groups is 3. The first-order valence-electron chi connectivity index (χ1n) is 9.69. The molecule has 0 unspecified atom stereocenters. The summed E-state index contributed by atoms with van der Waals surface area (Å²) in [6.07, 6.45) is 0. The van der Waals surface area contributed by atoms with Crippen LogP contribution in [-0.4, -0.2) is 58.1 Å². The summed E-state index contributed by atoms with van der Waals surface area (Å²) < 4.78 is 41.0. The maximum absolute atomic E-state index is 12.4. The summed E-state index contributed by atoms with van der Waals surface area (Å²) in [7, 11) is -3.22. The summed E-state index contributed by atoms with van der Waals surface area (Å²) in [6.45, 7) is 3.64. The number of nitrogens with one attached hydrogen (secondary N) is 1. The molecule has 0 atom stereocenters. The lowest BCUT2D eigenvalue weighted by Gasteiger charge is -2.39. The minimum Gasteiger partial charge on any atom is -0.463 e. The summed E-state index contributed by atoms with van der Waals surface area (Å²) >= 11 is 0. The van der Waals surface area contributed by atoms with E-state index < -0.39 is 38.9 Å². The second-order valence-electron chi connectivity index (χ2n) is 7.01. The molecule has 1 aliphatic heterocycles. The van der Waals surface area contributed by atoms with Gasteiger partial charge in [-0.3, -0.25) is 4.79 Å². The van der Waals surface area contributed by atoms with Gasteiger partial charge in [0.2, 0.25) is 16.8 Å². The van der Waals surface area contributed by atoms with E-state index in [2.05, 4.69) is 9.72 Å². The van der Waals surface area contributed by atoms with Crippen LogP contribution in [0.5, 0.6) is 0 Å². The van der Waals surface area contributed by atoms with Gasteiger partial charge in [-0.05, 0) is 32.0 Å². The average molecular weight is 476 g/mol. The highest BCUT2D eigenvalue weighted by atomic mass is 32.2. The number of nitrogens with zero attached hydrogens (tertiary/aromatic N) is 3. The number of aromatic nitrogens is 1. The van der Waals surface area contributed by atoms with E-state index in [1.807, 2.05) is 10.8 Å². The Bertz CT molecular complexity index is 1260. The number of aryl methyl sites for hydroxylation is 1. The second-order valence-corrected chi connectivity index (χ2v) is 8.62. The number of pyridine rings is 1. The number of rotatable bonds is 7. The van der Waals surface area contributed by atoms with Crippen LogP contribution in [0.3, 0.4) is 0 Å². The summed E-state index contributed by atoms with van der Waals surface area (Å²) in [5.41, 5.74) is 0.654. The summed E-state index contributed by atoms with van der Waals surface area (Å²) in [4.78, 5) is 41.8. The van der Waals surface area contributed by atoms with Crippen molar-refractivity contribution in [2.45, 2.75) is 18.9 Å². The van der Waals surface area contributed by atoms with Gasteiger partial charge in [0.15, 0.2) is 0 Å². The van der Waals surface area contributed by atoms with Gasteiger partial charge in [-0.15, -0.1) is 0 Å². The zero-order valence-corrected chi connectivity index (χ0v) is 18.8. The molecule has 3 rings (SSSR count). The molecule has 0 aliphatic carbocycles. The molecule has 0 bridgehead atoms. The fourth-order valence-corrected chi connectivity index (χ4v) is 4.07. The number of carbonyl (C=O) groups excluding carboxylic acids is 3. The van der Waals surface area contributed by atoms with Gasteiger partial charge in [0, 0.05) is 13.1 Å².